The Balaban J connectivity index is 1.22. The second-order valence-electron chi connectivity index (χ2n) is 11.7. The Bertz CT molecular complexity index is 1120. The molecule has 1 aromatic heterocycles. The molecule has 2 saturated heterocycles. The van der Waals surface area contributed by atoms with Crippen LogP contribution in [0.5, 0.6) is 0 Å². The fourth-order valence-corrected chi connectivity index (χ4v) is 8.20. The van der Waals surface area contributed by atoms with Crippen molar-refractivity contribution in [3.63, 3.8) is 0 Å². The van der Waals surface area contributed by atoms with Crippen LogP contribution in [0.4, 0.5) is 0 Å². The van der Waals surface area contributed by atoms with E-state index in [1.807, 2.05) is 28.8 Å². The molecule has 3 saturated carbocycles. The minimum atomic E-state index is -0.491. The van der Waals surface area contributed by atoms with Gasteiger partial charge in [-0.3, -0.25) is 19.1 Å². The summed E-state index contributed by atoms with van der Waals surface area (Å²) in [5.74, 6) is 2.80. The van der Waals surface area contributed by atoms with Gasteiger partial charge in [0.2, 0.25) is 0 Å². The zero-order valence-electron chi connectivity index (χ0n) is 19.6. The first kappa shape index (κ1) is 20.7. The van der Waals surface area contributed by atoms with Gasteiger partial charge in [0.15, 0.2) is 0 Å². The molecule has 5 fully saturated rings. The third-order valence-electron chi connectivity index (χ3n) is 10.1. The van der Waals surface area contributed by atoms with Crippen LogP contribution >= 0.6 is 0 Å². The highest BCUT2D eigenvalue weighted by Crippen LogP contribution is 2.62. The van der Waals surface area contributed by atoms with Crippen LogP contribution in [0.25, 0.3) is 11.0 Å². The Morgan fingerprint density at radius 3 is 2.44 bits per heavy atom. The molecule has 5 heteroatoms. The van der Waals surface area contributed by atoms with Crippen LogP contribution < -0.4 is 11.1 Å². The number of aromatic amines is 1. The molecule has 2 aromatic rings. The molecule has 7 rings (SSSR count). The Labute approximate surface area is 190 Å². The predicted octanol–water partition coefficient (Wildman–Crippen LogP) is 4.71. The van der Waals surface area contributed by atoms with Crippen LogP contribution in [0.2, 0.25) is 0 Å². The first-order chi connectivity index (χ1) is 15.4. The standard InChI is InChI=1S/C27H37N3O2/c1-27(2)18-11-10-17(22(27)14-18)12-13-29-19-6-5-7-20(29)16-21(15-19)30-24-9-4-3-8-23(24)28-25(31)26(30)32/h3-4,8-9,17-22H,5-7,10-16H2,1-2H3,(H,28,31)/t17-,18-,19-,20+,21+,22-/m0/s1. The molecule has 3 aliphatic carbocycles. The molecule has 6 atom stereocenters. The second-order valence-corrected chi connectivity index (χ2v) is 11.7. The van der Waals surface area contributed by atoms with Gasteiger partial charge in [-0.05, 0) is 93.2 Å². The molecule has 172 valence electrons. The molecule has 2 aliphatic heterocycles. The van der Waals surface area contributed by atoms with E-state index in [4.69, 9.17) is 0 Å². The van der Waals surface area contributed by atoms with Crippen molar-refractivity contribution in [3.05, 3.63) is 45.0 Å². The Kier molecular flexibility index (Phi) is 4.90. The van der Waals surface area contributed by atoms with E-state index in [2.05, 4.69) is 23.7 Å². The van der Waals surface area contributed by atoms with Crippen molar-refractivity contribution >= 4 is 11.0 Å². The quantitative estimate of drug-likeness (QED) is 0.708. The maximum absolute atomic E-state index is 12.9. The molecule has 1 N–H and O–H groups in total. The average molecular weight is 436 g/mol. The summed E-state index contributed by atoms with van der Waals surface area (Å²) in [6, 6.07) is 8.98. The van der Waals surface area contributed by atoms with E-state index in [0.717, 1.165) is 41.6 Å². The number of para-hydroxylation sites is 2. The lowest BCUT2D eigenvalue weighted by Crippen LogP contribution is -2.56. The van der Waals surface area contributed by atoms with Gasteiger partial charge < -0.3 is 4.98 Å². The van der Waals surface area contributed by atoms with Gasteiger partial charge in [-0.25, -0.2) is 0 Å². The van der Waals surface area contributed by atoms with E-state index in [0.29, 0.717) is 17.5 Å². The highest BCUT2D eigenvalue weighted by Gasteiger charge is 2.54. The second kappa shape index (κ2) is 7.58. The van der Waals surface area contributed by atoms with Crippen LogP contribution in [-0.2, 0) is 0 Å². The van der Waals surface area contributed by atoms with Gasteiger partial charge in [-0.15, -0.1) is 0 Å². The van der Waals surface area contributed by atoms with Crippen molar-refractivity contribution in [2.45, 2.75) is 89.8 Å². The van der Waals surface area contributed by atoms with Crippen molar-refractivity contribution in [2.24, 2.45) is 23.2 Å². The summed E-state index contributed by atoms with van der Waals surface area (Å²) in [7, 11) is 0. The predicted molar refractivity (Wildman–Crippen MR) is 128 cm³/mol. The van der Waals surface area contributed by atoms with E-state index in [1.54, 1.807) is 0 Å². The summed E-state index contributed by atoms with van der Waals surface area (Å²) >= 11 is 0. The Morgan fingerprint density at radius 1 is 0.969 bits per heavy atom. The molecule has 0 radical (unpaired) electrons. The number of nitrogens with zero attached hydrogens (tertiary/aromatic N) is 2. The highest BCUT2D eigenvalue weighted by molar-refractivity contribution is 5.74. The highest BCUT2D eigenvalue weighted by atomic mass is 16.2. The van der Waals surface area contributed by atoms with Crippen molar-refractivity contribution in [1.29, 1.82) is 0 Å². The summed E-state index contributed by atoms with van der Waals surface area (Å²) < 4.78 is 1.83. The van der Waals surface area contributed by atoms with Crippen molar-refractivity contribution in [3.8, 4) is 0 Å². The fraction of sp³-hybridized carbons (Fsp3) is 0.704. The normalized spacial score (nSPS) is 36.1. The summed E-state index contributed by atoms with van der Waals surface area (Å²) in [5, 5.41) is 0. The molecule has 0 amide bonds. The third-order valence-corrected chi connectivity index (χ3v) is 10.1. The van der Waals surface area contributed by atoms with Crippen molar-refractivity contribution in [1.82, 2.24) is 14.5 Å². The van der Waals surface area contributed by atoms with Crippen LogP contribution in [-0.4, -0.2) is 33.1 Å². The number of hydrogen-bond acceptors (Lipinski definition) is 3. The number of nitrogens with one attached hydrogen (secondary N) is 1. The number of aromatic nitrogens is 2. The molecular formula is C27H37N3O2. The molecular weight excluding hydrogens is 398 g/mol. The van der Waals surface area contributed by atoms with E-state index < -0.39 is 5.56 Å². The van der Waals surface area contributed by atoms with E-state index in [-0.39, 0.29) is 11.6 Å². The van der Waals surface area contributed by atoms with Crippen LogP contribution in [0.15, 0.2) is 33.9 Å². The lowest BCUT2D eigenvalue weighted by atomic mass is 9.45. The van der Waals surface area contributed by atoms with Crippen LogP contribution in [0.3, 0.4) is 0 Å². The number of hydrogen-bond donors (Lipinski definition) is 1. The lowest BCUT2D eigenvalue weighted by molar-refractivity contribution is -0.111. The molecule has 0 spiro atoms. The summed E-state index contributed by atoms with van der Waals surface area (Å²) in [6.07, 6.45) is 11.4. The monoisotopic (exact) mass is 435 g/mol. The zero-order valence-corrected chi connectivity index (χ0v) is 19.6. The van der Waals surface area contributed by atoms with Gasteiger partial charge in [0.25, 0.3) is 0 Å². The van der Waals surface area contributed by atoms with E-state index in [1.165, 1.54) is 51.5 Å². The van der Waals surface area contributed by atoms with Gasteiger partial charge in [-0.1, -0.05) is 32.4 Å². The molecule has 3 heterocycles. The maximum atomic E-state index is 12.9. The number of rotatable bonds is 4. The Hall–Kier alpha value is -1.88. The summed E-state index contributed by atoms with van der Waals surface area (Å²) in [5.41, 5.74) is 1.33. The third kappa shape index (κ3) is 3.14. The summed E-state index contributed by atoms with van der Waals surface area (Å²) in [6.45, 7) is 6.22. The van der Waals surface area contributed by atoms with Gasteiger partial charge in [0, 0.05) is 18.1 Å². The molecule has 32 heavy (non-hydrogen) atoms. The molecule has 0 unspecified atom stereocenters. The number of H-pyrrole nitrogens is 1. The first-order valence-electron chi connectivity index (χ1n) is 12.9. The lowest BCUT2D eigenvalue weighted by Gasteiger charge is -2.60. The number of fused-ring (bicyclic) bond motifs is 5. The smallest absolute Gasteiger partial charge is 0.316 e. The number of piperidine rings is 2. The van der Waals surface area contributed by atoms with E-state index >= 15 is 0 Å². The van der Waals surface area contributed by atoms with Crippen LogP contribution in [0.1, 0.15) is 77.7 Å². The topological polar surface area (TPSA) is 58.1 Å². The molecule has 5 nitrogen and oxygen atoms in total. The molecule has 4 bridgehead atoms. The van der Waals surface area contributed by atoms with Crippen molar-refractivity contribution < 1.29 is 0 Å². The van der Waals surface area contributed by atoms with Crippen LogP contribution in [0, 0.1) is 23.2 Å². The minimum Gasteiger partial charge on any atom is -0.316 e. The maximum Gasteiger partial charge on any atom is 0.316 e. The summed E-state index contributed by atoms with van der Waals surface area (Å²) in [4.78, 5) is 30.9. The van der Waals surface area contributed by atoms with Gasteiger partial charge in [0.05, 0.1) is 11.0 Å². The average Bonchev–Trinajstić information content (AvgIpc) is 2.78. The van der Waals surface area contributed by atoms with E-state index in [9.17, 15) is 9.59 Å². The SMILES string of the molecule is CC1(C)[C@H]2CC[C@@H](CCN3[C@@H]4CCC[C@H]3C[C@@H](n3c(=O)c(=O)[nH]c5ccccc53)C4)[C@@H]1C2. The van der Waals surface area contributed by atoms with Gasteiger partial charge >= 0.3 is 11.1 Å². The first-order valence-corrected chi connectivity index (χ1v) is 12.9. The largest absolute Gasteiger partial charge is 0.316 e. The minimum absolute atomic E-state index is 0.127. The van der Waals surface area contributed by atoms with Crippen molar-refractivity contribution in [2.75, 3.05) is 6.54 Å². The van der Waals surface area contributed by atoms with Gasteiger partial charge in [-0.2, -0.15) is 0 Å². The fourth-order valence-electron chi connectivity index (χ4n) is 8.20. The van der Waals surface area contributed by atoms with Gasteiger partial charge in [0.1, 0.15) is 0 Å². The molecule has 5 aliphatic rings. The Morgan fingerprint density at radius 2 is 1.72 bits per heavy atom. The number of benzene rings is 1. The molecule has 1 aromatic carbocycles. The zero-order chi connectivity index (χ0) is 22.0.